The van der Waals surface area contributed by atoms with E-state index in [1.165, 1.54) is 11.8 Å². The van der Waals surface area contributed by atoms with Crippen LogP contribution in [0.2, 0.25) is 0 Å². The summed E-state index contributed by atoms with van der Waals surface area (Å²) in [5.74, 6) is 0. The van der Waals surface area contributed by atoms with Crippen LogP contribution < -0.4 is 27.7 Å². The largest absolute Gasteiger partial charge is 0.377 e. The molecule has 0 rings (SSSR count). The zero-order chi connectivity index (χ0) is 8.69. The molecule has 0 bridgehead atoms. The van der Waals surface area contributed by atoms with Gasteiger partial charge in [0, 0.05) is 7.05 Å². The van der Waals surface area contributed by atoms with Crippen molar-refractivity contribution in [1.29, 1.82) is 0 Å². The molecule has 0 aromatic carbocycles. The van der Waals surface area contributed by atoms with E-state index in [0.717, 1.165) is 0 Å². The number of nitrogens with two attached hydrogens (primary N) is 2. The Bertz CT molecular complexity index is 126. The van der Waals surface area contributed by atoms with Gasteiger partial charge < -0.3 is 16.9 Å². The number of rotatable bonds is 4. The van der Waals surface area contributed by atoms with Crippen LogP contribution in [0.5, 0.6) is 0 Å². The molecular formula is C4H14N6S. The lowest BCUT2D eigenvalue weighted by Gasteiger charge is -2.10. The number of hydrazine groups is 1. The van der Waals surface area contributed by atoms with Crippen LogP contribution in [0.15, 0.2) is 5.10 Å². The van der Waals surface area contributed by atoms with E-state index in [1.54, 1.807) is 14.1 Å². The Labute approximate surface area is 70.1 Å². The van der Waals surface area contributed by atoms with Crippen molar-refractivity contribution in [1.82, 2.24) is 16.3 Å². The summed E-state index contributed by atoms with van der Waals surface area (Å²) in [4.78, 5) is 0. The van der Waals surface area contributed by atoms with Gasteiger partial charge in [-0.25, -0.2) is 5.43 Å². The first-order valence-corrected chi connectivity index (χ1v) is 3.93. The second kappa shape index (κ2) is 6.23. The first-order valence-electron chi connectivity index (χ1n) is 3.05. The number of nitrogens with zero attached hydrogens (tertiary/aromatic N) is 1. The lowest BCUT2D eigenvalue weighted by atomic mass is 11.2. The van der Waals surface area contributed by atoms with E-state index in [4.69, 9.17) is 11.5 Å². The van der Waals surface area contributed by atoms with Gasteiger partial charge in [-0.2, -0.15) is 5.10 Å². The van der Waals surface area contributed by atoms with Crippen LogP contribution in [-0.2, 0) is 0 Å². The Morgan fingerprint density at radius 3 is 2.64 bits per heavy atom. The highest BCUT2D eigenvalue weighted by atomic mass is 32.2. The van der Waals surface area contributed by atoms with E-state index >= 15 is 0 Å². The van der Waals surface area contributed by atoms with Gasteiger partial charge in [0.05, 0.1) is 0 Å². The highest BCUT2D eigenvalue weighted by Gasteiger charge is 2.02. The fraction of sp³-hybridized carbons (Fsp3) is 0.750. The van der Waals surface area contributed by atoms with Gasteiger partial charge in [-0.05, 0) is 7.05 Å². The molecule has 0 saturated heterocycles. The third kappa shape index (κ3) is 5.92. The summed E-state index contributed by atoms with van der Waals surface area (Å²) in [7, 11) is 3.40. The molecular weight excluding hydrogens is 164 g/mol. The standard InChI is InChI=1S/C4H14N6S/c1-7-9-3(5)11-4(6)10-8-2/h3,7-9H,5H2,1-2H3,(H2,6,10). The maximum atomic E-state index is 5.52. The number of amidine groups is 1. The van der Waals surface area contributed by atoms with Gasteiger partial charge >= 0.3 is 0 Å². The fourth-order valence-electron chi connectivity index (χ4n) is 0.438. The molecule has 0 aliphatic rings. The van der Waals surface area contributed by atoms with Crippen molar-refractivity contribution in [3.05, 3.63) is 0 Å². The van der Waals surface area contributed by atoms with Crippen LogP contribution in [0.4, 0.5) is 0 Å². The first kappa shape index (κ1) is 10.5. The Kier molecular flexibility index (Phi) is 5.94. The summed E-state index contributed by atoms with van der Waals surface area (Å²) in [6.07, 6.45) is 0. The Morgan fingerprint density at radius 1 is 1.55 bits per heavy atom. The molecule has 0 saturated carbocycles. The van der Waals surface area contributed by atoms with Crippen molar-refractivity contribution in [3.8, 4) is 0 Å². The van der Waals surface area contributed by atoms with Gasteiger partial charge in [-0.15, -0.1) is 0 Å². The van der Waals surface area contributed by atoms with Gasteiger partial charge in [0.2, 0.25) is 0 Å². The van der Waals surface area contributed by atoms with Crippen molar-refractivity contribution in [2.45, 2.75) is 5.50 Å². The highest BCUT2D eigenvalue weighted by molar-refractivity contribution is 8.14. The minimum absolute atomic E-state index is 0.294. The molecule has 0 fully saturated rings. The van der Waals surface area contributed by atoms with Crippen molar-refractivity contribution >= 4 is 16.9 Å². The molecule has 7 N–H and O–H groups in total. The molecule has 0 aliphatic carbocycles. The Morgan fingerprint density at radius 2 is 2.18 bits per heavy atom. The van der Waals surface area contributed by atoms with Crippen LogP contribution >= 0.6 is 11.8 Å². The van der Waals surface area contributed by atoms with Crippen LogP contribution in [0.3, 0.4) is 0 Å². The summed E-state index contributed by atoms with van der Waals surface area (Å²) in [5, 5.41) is 4.10. The predicted octanol–water partition coefficient (Wildman–Crippen LogP) is -1.86. The maximum Gasteiger partial charge on any atom is 0.180 e. The molecule has 0 spiro atoms. The third-order valence-electron chi connectivity index (χ3n) is 0.756. The summed E-state index contributed by atoms with van der Waals surface area (Å²) < 4.78 is 0. The smallest absolute Gasteiger partial charge is 0.180 e. The van der Waals surface area contributed by atoms with Gasteiger partial charge in [0.25, 0.3) is 0 Å². The second-order valence-corrected chi connectivity index (χ2v) is 2.77. The topological polar surface area (TPSA) is 100 Å². The zero-order valence-corrected chi connectivity index (χ0v) is 7.40. The molecule has 0 amide bonds. The molecule has 7 heteroatoms. The van der Waals surface area contributed by atoms with E-state index < -0.39 is 0 Å². The van der Waals surface area contributed by atoms with Crippen molar-refractivity contribution in [2.24, 2.45) is 16.6 Å². The van der Waals surface area contributed by atoms with Crippen LogP contribution in [0, 0.1) is 0 Å². The number of thioether (sulfide) groups is 1. The minimum Gasteiger partial charge on any atom is -0.377 e. The molecule has 0 heterocycles. The van der Waals surface area contributed by atoms with Gasteiger partial charge in [-0.3, -0.25) is 5.43 Å². The SMILES string of the molecule is CN/N=C(/N)SC(N)NNC. The molecule has 0 aromatic rings. The maximum absolute atomic E-state index is 5.52. The molecule has 0 aromatic heterocycles. The molecule has 0 radical (unpaired) electrons. The van der Waals surface area contributed by atoms with Gasteiger partial charge in [0.15, 0.2) is 5.17 Å². The van der Waals surface area contributed by atoms with E-state index in [-0.39, 0.29) is 5.50 Å². The van der Waals surface area contributed by atoms with E-state index in [2.05, 4.69) is 21.4 Å². The van der Waals surface area contributed by atoms with Gasteiger partial charge in [-0.1, -0.05) is 11.8 Å². The average molecular weight is 178 g/mol. The number of hydrazone groups is 1. The molecule has 11 heavy (non-hydrogen) atoms. The van der Waals surface area contributed by atoms with E-state index in [0.29, 0.717) is 5.17 Å². The summed E-state index contributed by atoms with van der Waals surface area (Å²) >= 11 is 1.22. The summed E-state index contributed by atoms with van der Waals surface area (Å²) in [6, 6.07) is 0. The third-order valence-corrected chi connectivity index (χ3v) is 1.46. The van der Waals surface area contributed by atoms with Crippen molar-refractivity contribution in [3.63, 3.8) is 0 Å². The number of hydrogen-bond donors (Lipinski definition) is 5. The summed E-state index contributed by atoms with van der Waals surface area (Å²) in [5.41, 5.74) is 18.6. The zero-order valence-electron chi connectivity index (χ0n) is 6.59. The highest BCUT2D eigenvalue weighted by Crippen LogP contribution is 1.99. The average Bonchev–Trinajstić information content (AvgIpc) is 1.87. The number of nitrogens with one attached hydrogen (secondary N) is 3. The van der Waals surface area contributed by atoms with Gasteiger partial charge in [0.1, 0.15) is 5.50 Å². The second-order valence-electron chi connectivity index (χ2n) is 1.61. The van der Waals surface area contributed by atoms with Crippen LogP contribution in [0.1, 0.15) is 0 Å². The van der Waals surface area contributed by atoms with E-state index in [1.807, 2.05) is 0 Å². The van der Waals surface area contributed by atoms with Crippen LogP contribution in [0.25, 0.3) is 0 Å². The Hall–Kier alpha value is -0.500. The van der Waals surface area contributed by atoms with Crippen molar-refractivity contribution in [2.75, 3.05) is 14.1 Å². The first-order chi connectivity index (χ1) is 5.20. The minimum atomic E-state index is -0.294. The van der Waals surface area contributed by atoms with Crippen molar-refractivity contribution < 1.29 is 0 Å². The molecule has 1 unspecified atom stereocenters. The predicted molar refractivity (Wildman–Crippen MR) is 48.4 cm³/mol. The fourth-order valence-corrected chi connectivity index (χ4v) is 1.02. The number of hydrogen-bond acceptors (Lipinski definition) is 6. The normalized spacial score (nSPS) is 14.6. The summed E-state index contributed by atoms with van der Waals surface area (Å²) in [6.45, 7) is 0. The molecule has 0 aliphatic heterocycles. The molecule has 1 atom stereocenters. The van der Waals surface area contributed by atoms with Crippen LogP contribution in [-0.4, -0.2) is 24.8 Å². The molecule has 6 nitrogen and oxygen atoms in total. The molecule has 66 valence electrons. The lowest BCUT2D eigenvalue weighted by molar-refractivity contribution is 0.581. The lowest BCUT2D eigenvalue weighted by Crippen LogP contribution is -2.43. The Balaban J connectivity index is 3.56. The van der Waals surface area contributed by atoms with E-state index in [9.17, 15) is 0 Å². The quantitative estimate of drug-likeness (QED) is 0.150. The monoisotopic (exact) mass is 178 g/mol.